The lowest BCUT2D eigenvalue weighted by molar-refractivity contribution is -0.127. The van der Waals surface area contributed by atoms with E-state index in [1.165, 1.54) is 43.2 Å². The molecule has 0 spiro atoms. The molecule has 0 atom stereocenters. The molecule has 1 aromatic carbocycles. The molecule has 1 aliphatic rings. The second-order valence-electron chi connectivity index (χ2n) is 7.81. The summed E-state index contributed by atoms with van der Waals surface area (Å²) in [6, 6.07) is 9.24. The molecule has 0 heterocycles. The molecule has 0 bridgehead atoms. The molecule has 0 saturated heterocycles. The van der Waals surface area contributed by atoms with E-state index >= 15 is 0 Å². The first-order chi connectivity index (χ1) is 13.5. The van der Waals surface area contributed by atoms with Gasteiger partial charge in [-0.3, -0.25) is 9.69 Å². The van der Waals surface area contributed by atoms with Crippen LogP contribution in [0, 0.1) is 0 Å². The molecule has 156 valence electrons. The van der Waals surface area contributed by atoms with E-state index in [9.17, 15) is 4.79 Å². The van der Waals surface area contributed by atoms with Gasteiger partial charge in [-0.15, -0.1) is 0 Å². The second-order valence-corrected chi connectivity index (χ2v) is 7.81. The summed E-state index contributed by atoms with van der Waals surface area (Å²) < 4.78 is 0. The SMILES string of the molecule is CCNC(=NCc1ccccc1CN(C)C1CCCCC1)NCC(=O)N(C)C. The van der Waals surface area contributed by atoms with E-state index < -0.39 is 0 Å². The zero-order valence-corrected chi connectivity index (χ0v) is 18.0. The van der Waals surface area contributed by atoms with E-state index in [0.717, 1.165) is 13.1 Å². The van der Waals surface area contributed by atoms with Gasteiger partial charge in [0.05, 0.1) is 13.1 Å². The molecule has 2 N–H and O–H groups in total. The molecule has 0 aromatic heterocycles. The van der Waals surface area contributed by atoms with Gasteiger partial charge in [-0.05, 0) is 37.9 Å². The molecule has 1 aliphatic carbocycles. The fourth-order valence-corrected chi connectivity index (χ4v) is 3.61. The van der Waals surface area contributed by atoms with Crippen molar-refractivity contribution < 1.29 is 4.79 Å². The van der Waals surface area contributed by atoms with Crippen LogP contribution < -0.4 is 10.6 Å². The van der Waals surface area contributed by atoms with Crippen LogP contribution in [-0.4, -0.2) is 61.9 Å². The molecule has 2 rings (SSSR count). The molecule has 28 heavy (non-hydrogen) atoms. The number of likely N-dealkylation sites (N-methyl/N-ethyl adjacent to an activating group) is 1. The van der Waals surface area contributed by atoms with Crippen molar-refractivity contribution in [2.75, 3.05) is 34.2 Å². The number of carbonyl (C=O) groups is 1. The van der Waals surface area contributed by atoms with Crippen LogP contribution in [0.4, 0.5) is 0 Å². The molecule has 1 fully saturated rings. The third-order valence-corrected chi connectivity index (χ3v) is 5.39. The van der Waals surface area contributed by atoms with E-state index in [-0.39, 0.29) is 12.5 Å². The number of rotatable bonds is 8. The Bertz CT molecular complexity index is 638. The van der Waals surface area contributed by atoms with Gasteiger partial charge in [0.2, 0.25) is 5.91 Å². The van der Waals surface area contributed by atoms with E-state index in [1.54, 1.807) is 19.0 Å². The largest absolute Gasteiger partial charge is 0.357 e. The number of hydrogen-bond donors (Lipinski definition) is 2. The summed E-state index contributed by atoms with van der Waals surface area (Å²) in [5.74, 6) is 0.702. The highest BCUT2D eigenvalue weighted by Gasteiger charge is 2.18. The summed E-state index contributed by atoms with van der Waals surface area (Å²) in [4.78, 5) is 20.6. The Labute approximate surface area is 170 Å². The zero-order valence-electron chi connectivity index (χ0n) is 18.0. The van der Waals surface area contributed by atoms with Gasteiger partial charge in [0.25, 0.3) is 0 Å². The molecule has 6 heteroatoms. The van der Waals surface area contributed by atoms with Gasteiger partial charge in [-0.25, -0.2) is 4.99 Å². The Morgan fingerprint density at radius 1 is 1.07 bits per heavy atom. The molecular formula is C22H37N5O. The highest BCUT2D eigenvalue weighted by atomic mass is 16.2. The van der Waals surface area contributed by atoms with Crippen molar-refractivity contribution in [3.8, 4) is 0 Å². The van der Waals surface area contributed by atoms with Crippen LogP contribution in [0.5, 0.6) is 0 Å². The number of guanidine groups is 1. The summed E-state index contributed by atoms with van der Waals surface area (Å²) in [5, 5.41) is 6.34. The lowest BCUT2D eigenvalue weighted by atomic mass is 9.94. The summed E-state index contributed by atoms with van der Waals surface area (Å²) in [5.41, 5.74) is 2.57. The minimum Gasteiger partial charge on any atom is -0.357 e. The number of benzene rings is 1. The highest BCUT2D eigenvalue weighted by Crippen LogP contribution is 2.23. The van der Waals surface area contributed by atoms with Crippen LogP contribution in [0.1, 0.15) is 50.2 Å². The smallest absolute Gasteiger partial charge is 0.241 e. The van der Waals surface area contributed by atoms with Gasteiger partial charge >= 0.3 is 0 Å². The minimum absolute atomic E-state index is 0.0279. The summed E-state index contributed by atoms with van der Waals surface area (Å²) >= 11 is 0. The monoisotopic (exact) mass is 387 g/mol. The minimum atomic E-state index is 0.0279. The molecule has 6 nitrogen and oxygen atoms in total. The zero-order chi connectivity index (χ0) is 20.4. The van der Waals surface area contributed by atoms with Crippen molar-refractivity contribution in [3.63, 3.8) is 0 Å². The van der Waals surface area contributed by atoms with Crippen LogP contribution in [0.25, 0.3) is 0 Å². The van der Waals surface area contributed by atoms with Crippen LogP contribution in [0.15, 0.2) is 29.3 Å². The van der Waals surface area contributed by atoms with Crippen molar-refractivity contribution in [1.82, 2.24) is 20.4 Å². The maximum absolute atomic E-state index is 11.8. The molecular weight excluding hydrogens is 350 g/mol. The van der Waals surface area contributed by atoms with Gasteiger partial charge in [-0.2, -0.15) is 0 Å². The number of nitrogens with one attached hydrogen (secondary N) is 2. The lowest BCUT2D eigenvalue weighted by Crippen LogP contribution is -2.42. The third kappa shape index (κ3) is 7.15. The topological polar surface area (TPSA) is 60.0 Å². The molecule has 0 aliphatic heterocycles. The predicted octanol–water partition coefficient (Wildman–Crippen LogP) is 2.59. The van der Waals surface area contributed by atoms with E-state index in [0.29, 0.717) is 18.5 Å². The average molecular weight is 388 g/mol. The lowest BCUT2D eigenvalue weighted by Gasteiger charge is -2.31. The van der Waals surface area contributed by atoms with Gasteiger partial charge in [0, 0.05) is 33.2 Å². The maximum Gasteiger partial charge on any atom is 0.241 e. The molecule has 1 saturated carbocycles. The van der Waals surface area contributed by atoms with Gasteiger partial charge in [0.15, 0.2) is 5.96 Å². The number of hydrogen-bond acceptors (Lipinski definition) is 3. The van der Waals surface area contributed by atoms with Crippen molar-refractivity contribution in [2.45, 2.75) is 58.2 Å². The normalized spacial score (nSPS) is 15.5. The first kappa shape index (κ1) is 22.2. The highest BCUT2D eigenvalue weighted by molar-refractivity contribution is 5.86. The predicted molar refractivity (Wildman–Crippen MR) is 116 cm³/mol. The molecule has 1 aromatic rings. The van der Waals surface area contributed by atoms with Crippen molar-refractivity contribution >= 4 is 11.9 Å². The fourth-order valence-electron chi connectivity index (χ4n) is 3.61. The maximum atomic E-state index is 11.8. The van der Waals surface area contributed by atoms with Crippen LogP contribution in [0.3, 0.4) is 0 Å². The average Bonchev–Trinajstić information content (AvgIpc) is 2.71. The Morgan fingerprint density at radius 2 is 1.75 bits per heavy atom. The second kappa shape index (κ2) is 11.7. The Hall–Kier alpha value is -2.08. The molecule has 0 radical (unpaired) electrons. The summed E-state index contributed by atoms with van der Waals surface area (Å²) in [6.07, 6.45) is 6.71. The number of aliphatic imine (C=N–C) groups is 1. The van der Waals surface area contributed by atoms with E-state index in [2.05, 4.69) is 46.8 Å². The van der Waals surface area contributed by atoms with Crippen molar-refractivity contribution in [3.05, 3.63) is 35.4 Å². The van der Waals surface area contributed by atoms with E-state index in [4.69, 9.17) is 4.99 Å². The van der Waals surface area contributed by atoms with E-state index in [1.807, 2.05) is 6.92 Å². The molecule has 1 amide bonds. The quantitative estimate of drug-likeness (QED) is 0.532. The van der Waals surface area contributed by atoms with Gasteiger partial charge in [0.1, 0.15) is 0 Å². The standard InChI is InChI=1S/C22H37N5O/c1-5-23-22(25-16-21(28)26(2)3)24-15-18-11-9-10-12-19(18)17-27(4)20-13-7-6-8-14-20/h9-12,20H,5-8,13-17H2,1-4H3,(H2,23,24,25). The summed E-state index contributed by atoms with van der Waals surface area (Å²) in [6.45, 7) is 4.58. The Morgan fingerprint density at radius 3 is 2.39 bits per heavy atom. The number of nitrogens with zero attached hydrogens (tertiary/aromatic N) is 3. The summed E-state index contributed by atoms with van der Waals surface area (Å²) in [7, 11) is 5.76. The van der Waals surface area contributed by atoms with Crippen LogP contribution in [0.2, 0.25) is 0 Å². The van der Waals surface area contributed by atoms with Gasteiger partial charge < -0.3 is 15.5 Å². The third-order valence-electron chi connectivity index (χ3n) is 5.39. The molecule has 0 unspecified atom stereocenters. The van der Waals surface area contributed by atoms with Crippen LogP contribution >= 0.6 is 0 Å². The fraction of sp³-hybridized carbons (Fsp3) is 0.636. The number of carbonyl (C=O) groups excluding carboxylic acids is 1. The number of amides is 1. The van der Waals surface area contributed by atoms with Gasteiger partial charge in [-0.1, -0.05) is 43.5 Å². The first-order valence-corrected chi connectivity index (χ1v) is 10.5. The van der Waals surface area contributed by atoms with Crippen LogP contribution in [-0.2, 0) is 17.9 Å². The Balaban J connectivity index is 2.01. The van der Waals surface area contributed by atoms with Crippen molar-refractivity contribution in [1.29, 1.82) is 0 Å². The first-order valence-electron chi connectivity index (χ1n) is 10.5. The van der Waals surface area contributed by atoms with Crippen molar-refractivity contribution in [2.24, 2.45) is 4.99 Å². The Kier molecular flexibility index (Phi) is 9.28.